The third-order valence-corrected chi connectivity index (χ3v) is 10.8. The highest BCUT2D eigenvalue weighted by Gasteiger charge is 2.32. The van der Waals surface area contributed by atoms with Gasteiger partial charge in [-0.3, -0.25) is 24.6 Å². The lowest BCUT2D eigenvalue weighted by molar-refractivity contribution is -0.141. The molecule has 2 N–H and O–H groups in total. The fourth-order valence-electron chi connectivity index (χ4n) is 7.61. The van der Waals surface area contributed by atoms with Crippen molar-refractivity contribution in [2.75, 3.05) is 36.4 Å². The van der Waals surface area contributed by atoms with Gasteiger partial charge in [0.25, 0.3) is 0 Å². The smallest absolute Gasteiger partial charge is 0.249 e. The number of hydrogen-bond donors (Lipinski definition) is 2. The SMILES string of the molecule is Cc1cc(F)c(C2CCN(Cc3ccc(N4CCC(Nc5ncc(C6CC6)cn5)CC4)cc3)CC2)cc1CN(C=O)C1CCC(=O)NC1=O. The van der Waals surface area contributed by atoms with E-state index in [0.717, 1.165) is 75.5 Å². The lowest BCUT2D eigenvalue weighted by Gasteiger charge is -2.34. The molecule has 0 radical (unpaired) electrons. The maximum Gasteiger partial charge on any atom is 0.249 e. The Morgan fingerprint density at radius 1 is 0.939 bits per heavy atom. The number of likely N-dealkylation sites (tertiary alicyclic amines) is 1. The van der Waals surface area contributed by atoms with Gasteiger partial charge in [-0.1, -0.05) is 18.2 Å². The number of aryl methyl sites for hydroxylation is 1. The number of piperidine rings is 3. The Labute approximate surface area is 287 Å². The minimum atomic E-state index is -0.703. The fraction of sp³-hybridized carbons (Fsp3) is 0.500. The third-order valence-electron chi connectivity index (χ3n) is 10.8. The van der Waals surface area contributed by atoms with Crippen LogP contribution in [-0.2, 0) is 27.5 Å². The van der Waals surface area contributed by atoms with E-state index in [2.05, 4.69) is 54.7 Å². The molecule has 1 saturated carbocycles. The molecule has 49 heavy (non-hydrogen) atoms. The van der Waals surface area contributed by atoms with E-state index >= 15 is 4.39 Å². The van der Waals surface area contributed by atoms with Crippen LogP contribution in [0.3, 0.4) is 0 Å². The summed E-state index contributed by atoms with van der Waals surface area (Å²) in [6, 6.07) is 12.0. The Bertz CT molecular complexity index is 1650. The van der Waals surface area contributed by atoms with Gasteiger partial charge in [-0.05, 0) is 123 Å². The van der Waals surface area contributed by atoms with Gasteiger partial charge in [0.15, 0.2) is 0 Å². The van der Waals surface area contributed by atoms with E-state index in [1.807, 2.05) is 25.4 Å². The van der Waals surface area contributed by atoms with E-state index in [1.165, 1.54) is 34.6 Å². The molecule has 10 nitrogen and oxygen atoms in total. The summed E-state index contributed by atoms with van der Waals surface area (Å²) in [5.74, 6) is 0.495. The number of rotatable bonds is 11. The van der Waals surface area contributed by atoms with Crippen molar-refractivity contribution in [1.29, 1.82) is 0 Å². The quantitative estimate of drug-likeness (QED) is 0.217. The van der Waals surface area contributed by atoms with Crippen molar-refractivity contribution in [3.8, 4) is 0 Å². The van der Waals surface area contributed by atoms with Crippen molar-refractivity contribution < 1.29 is 18.8 Å². The van der Waals surface area contributed by atoms with Gasteiger partial charge in [0.1, 0.15) is 11.9 Å². The molecule has 11 heteroatoms. The number of benzene rings is 2. The van der Waals surface area contributed by atoms with Gasteiger partial charge in [-0.2, -0.15) is 0 Å². The Morgan fingerprint density at radius 2 is 1.65 bits per heavy atom. The van der Waals surface area contributed by atoms with Crippen molar-refractivity contribution in [1.82, 2.24) is 25.1 Å². The van der Waals surface area contributed by atoms with Crippen LogP contribution in [0.4, 0.5) is 16.0 Å². The fourth-order valence-corrected chi connectivity index (χ4v) is 7.61. The van der Waals surface area contributed by atoms with E-state index in [1.54, 1.807) is 6.07 Å². The second kappa shape index (κ2) is 14.6. The Hall–Kier alpha value is -4.38. The standard InChI is InChI=1S/C38H46FN7O3/c1-25-18-34(39)33(19-29(25)23-46(24-47)35-8-9-36(48)43-37(35)49)28-10-14-44(15-11-28)22-26-2-6-32(7-3-26)45-16-12-31(13-17-45)42-38-40-20-30(21-41-38)27-4-5-27/h2-3,6-7,18-21,24,27-28,31,35H,4-5,8-17,22-23H2,1H3,(H,40,41,42)(H,43,48,49). The monoisotopic (exact) mass is 667 g/mol. The zero-order chi connectivity index (χ0) is 33.9. The zero-order valence-electron chi connectivity index (χ0n) is 28.2. The molecule has 4 aliphatic rings. The molecule has 2 aromatic carbocycles. The van der Waals surface area contributed by atoms with Gasteiger partial charge < -0.3 is 15.1 Å². The highest BCUT2D eigenvalue weighted by Crippen LogP contribution is 2.39. The molecule has 3 saturated heterocycles. The first-order valence-corrected chi connectivity index (χ1v) is 17.8. The molecule has 0 spiro atoms. The summed E-state index contributed by atoms with van der Waals surface area (Å²) in [7, 11) is 0. The van der Waals surface area contributed by atoms with Crippen molar-refractivity contribution in [3.05, 3.63) is 82.4 Å². The summed E-state index contributed by atoms with van der Waals surface area (Å²) in [4.78, 5) is 51.3. The lowest BCUT2D eigenvalue weighted by atomic mass is 9.87. The number of aromatic nitrogens is 2. The minimum Gasteiger partial charge on any atom is -0.371 e. The molecule has 0 bridgehead atoms. The van der Waals surface area contributed by atoms with Gasteiger partial charge in [-0.15, -0.1) is 0 Å². The van der Waals surface area contributed by atoms with E-state index in [9.17, 15) is 14.4 Å². The van der Waals surface area contributed by atoms with Crippen molar-refractivity contribution in [2.45, 2.75) is 95.3 Å². The number of hydrogen-bond acceptors (Lipinski definition) is 8. The topological polar surface area (TPSA) is 111 Å². The third kappa shape index (κ3) is 7.93. The first-order chi connectivity index (χ1) is 23.8. The van der Waals surface area contributed by atoms with Crippen LogP contribution in [0, 0.1) is 12.7 Å². The molecule has 3 aromatic rings. The van der Waals surface area contributed by atoms with E-state index < -0.39 is 11.9 Å². The number of carbonyl (C=O) groups excluding carboxylic acids is 3. The van der Waals surface area contributed by atoms with Crippen LogP contribution in [0.2, 0.25) is 0 Å². The Morgan fingerprint density at radius 3 is 2.31 bits per heavy atom. The lowest BCUT2D eigenvalue weighted by Crippen LogP contribution is -2.51. The van der Waals surface area contributed by atoms with Crippen molar-refractivity contribution in [3.63, 3.8) is 0 Å². The van der Waals surface area contributed by atoms with E-state index in [0.29, 0.717) is 30.4 Å². The summed E-state index contributed by atoms with van der Waals surface area (Å²) >= 11 is 0. The maximum atomic E-state index is 15.3. The summed E-state index contributed by atoms with van der Waals surface area (Å²) in [6.07, 6.45) is 11.4. The predicted octanol–water partition coefficient (Wildman–Crippen LogP) is 5.03. The first-order valence-electron chi connectivity index (χ1n) is 17.8. The molecule has 3 amide bonds. The average Bonchev–Trinajstić information content (AvgIpc) is 3.96. The molecule has 4 heterocycles. The van der Waals surface area contributed by atoms with Gasteiger partial charge >= 0.3 is 0 Å². The summed E-state index contributed by atoms with van der Waals surface area (Å²) < 4.78 is 15.3. The van der Waals surface area contributed by atoms with Crippen LogP contribution in [-0.4, -0.2) is 76.3 Å². The maximum absolute atomic E-state index is 15.3. The van der Waals surface area contributed by atoms with Gasteiger partial charge in [0, 0.05) is 56.7 Å². The Balaban J connectivity index is 0.885. The highest BCUT2D eigenvalue weighted by atomic mass is 19.1. The number of anilines is 2. The van der Waals surface area contributed by atoms with Gasteiger partial charge in [-0.25, -0.2) is 14.4 Å². The number of carbonyl (C=O) groups is 3. The molecule has 4 fully saturated rings. The number of nitrogens with zero attached hydrogens (tertiary/aromatic N) is 5. The Kier molecular flexibility index (Phi) is 9.89. The average molecular weight is 668 g/mol. The normalized spacial score (nSPS) is 21.0. The molecular formula is C38H46FN7O3. The number of nitrogens with one attached hydrogen (secondary N) is 2. The largest absolute Gasteiger partial charge is 0.371 e. The van der Waals surface area contributed by atoms with Crippen molar-refractivity contribution >= 4 is 29.9 Å². The van der Waals surface area contributed by atoms with E-state index in [4.69, 9.17) is 0 Å². The highest BCUT2D eigenvalue weighted by molar-refractivity contribution is 6.00. The molecule has 7 rings (SSSR count). The predicted molar refractivity (Wildman–Crippen MR) is 185 cm³/mol. The summed E-state index contributed by atoms with van der Waals surface area (Å²) in [5.41, 5.74) is 6.03. The molecule has 1 unspecified atom stereocenters. The van der Waals surface area contributed by atoms with Crippen LogP contribution in [0.5, 0.6) is 0 Å². The van der Waals surface area contributed by atoms with Gasteiger partial charge in [0.05, 0.1) is 0 Å². The zero-order valence-corrected chi connectivity index (χ0v) is 28.2. The van der Waals surface area contributed by atoms with Crippen LogP contribution in [0.25, 0.3) is 0 Å². The minimum absolute atomic E-state index is 0.0874. The second-order valence-electron chi connectivity index (χ2n) is 14.3. The van der Waals surface area contributed by atoms with Gasteiger partial charge in [0.2, 0.25) is 24.2 Å². The molecule has 1 aliphatic carbocycles. The van der Waals surface area contributed by atoms with Crippen LogP contribution >= 0.6 is 0 Å². The number of halogens is 1. The number of amides is 3. The molecule has 1 aromatic heterocycles. The molecule has 3 aliphatic heterocycles. The summed E-state index contributed by atoms with van der Waals surface area (Å²) in [6.45, 7) is 6.62. The number of imide groups is 1. The molecular weight excluding hydrogens is 621 g/mol. The van der Waals surface area contributed by atoms with Crippen LogP contribution < -0.4 is 15.5 Å². The molecule has 258 valence electrons. The first kappa shape index (κ1) is 33.1. The van der Waals surface area contributed by atoms with Crippen LogP contribution in [0.1, 0.15) is 91.0 Å². The van der Waals surface area contributed by atoms with Crippen molar-refractivity contribution in [2.24, 2.45) is 0 Å². The van der Waals surface area contributed by atoms with E-state index in [-0.39, 0.29) is 30.6 Å². The molecule has 1 atom stereocenters. The second-order valence-corrected chi connectivity index (χ2v) is 14.3. The summed E-state index contributed by atoms with van der Waals surface area (Å²) in [5, 5.41) is 5.85. The van der Waals surface area contributed by atoms with Crippen LogP contribution in [0.15, 0.2) is 48.8 Å².